The lowest BCUT2D eigenvalue weighted by Crippen LogP contribution is -1.90. The molecule has 0 aromatic rings. The number of hydrogen-bond acceptors (Lipinski definition) is 0. The van der Waals surface area contributed by atoms with Crippen LogP contribution >= 0.6 is 0 Å². The van der Waals surface area contributed by atoms with Crippen molar-refractivity contribution in [1.29, 1.82) is 0 Å². The molecule has 8 atom stereocenters. The highest BCUT2D eigenvalue weighted by atomic mass is 14.6. The van der Waals surface area contributed by atoms with E-state index in [-0.39, 0.29) is 0 Å². The molecule has 0 aromatic carbocycles. The molecule has 3 fully saturated rings. The Bertz CT molecular complexity index is 299. The Morgan fingerprint density at radius 1 is 0.556 bits per heavy atom. The molecule has 8 unspecified atom stereocenters. The molecule has 0 heterocycles. The summed E-state index contributed by atoms with van der Waals surface area (Å²) in [7, 11) is 0. The topological polar surface area (TPSA) is 0 Å². The van der Waals surface area contributed by atoms with E-state index in [0.29, 0.717) is 0 Å². The first-order valence-corrected chi connectivity index (χ1v) is 8.56. The van der Waals surface area contributed by atoms with Crippen LogP contribution in [-0.4, -0.2) is 0 Å². The van der Waals surface area contributed by atoms with Crippen LogP contribution in [0.5, 0.6) is 0 Å². The Balaban J connectivity index is 1.38. The van der Waals surface area contributed by atoms with Gasteiger partial charge in [-0.15, -0.1) is 0 Å². The summed E-state index contributed by atoms with van der Waals surface area (Å²) in [6.45, 7) is 12.3. The van der Waals surface area contributed by atoms with E-state index < -0.39 is 0 Å². The summed E-state index contributed by atoms with van der Waals surface area (Å²) in [5.41, 5.74) is 0. The Morgan fingerprint density at radius 3 is 1.56 bits per heavy atom. The van der Waals surface area contributed by atoms with E-state index in [4.69, 9.17) is 0 Å². The molecule has 3 rings (SSSR count). The quantitative estimate of drug-likeness (QED) is 0.603. The minimum atomic E-state index is 1.03. The van der Waals surface area contributed by atoms with Gasteiger partial charge in [-0.2, -0.15) is 0 Å². The van der Waals surface area contributed by atoms with Crippen LogP contribution < -0.4 is 0 Å². The first-order chi connectivity index (χ1) is 8.56. The zero-order valence-corrected chi connectivity index (χ0v) is 13.0. The van der Waals surface area contributed by atoms with Crippen molar-refractivity contribution in [3.8, 4) is 0 Å². The zero-order chi connectivity index (χ0) is 13.0. The molecule has 0 N–H and O–H groups in total. The third-order valence-electron chi connectivity index (χ3n) is 7.41. The molecule has 0 spiro atoms. The minimum absolute atomic E-state index is 1.03. The molecule has 0 heteroatoms. The van der Waals surface area contributed by atoms with Crippen molar-refractivity contribution in [2.75, 3.05) is 0 Å². The van der Waals surface area contributed by atoms with Crippen molar-refractivity contribution < 1.29 is 0 Å². The number of hydrogen-bond donors (Lipinski definition) is 0. The van der Waals surface area contributed by atoms with Gasteiger partial charge in [0.2, 0.25) is 0 Å². The summed E-state index contributed by atoms with van der Waals surface area (Å²) >= 11 is 0. The average molecular weight is 248 g/mol. The van der Waals surface area contributed by atoms with Gasteiger partial charge in [-0.25, -0.2) is 0 Å². The predicted molar refractivity (Wildman–Crippen MR) is 78.2 cm³/mol. The van der Waals surface area contributed by atoms with Crippen LogP contribution in [0.3, 0.4) is 0 Å². The first-order valence-electron chi connectivity index (χ1n) is 8.56. The highest BCUT2D eigenvalue weighted by Gasteiger charge is 2.54. The zero-order valence-electron chi connectivity index (χ0n) is 13.0. The summed E-state index contributed by atoms with van der Waals surface area (Å²) < 4.78 is 0. The van der Waals surface area contributed by atoms with Crippen LogP contribution in [0.15, 0.2) is 0 Å². The highest BCUT2D eigenvalue weighted by Crippen LogP contribution is 2.61. The van der Waals surface area contributed by atoms with E-state index in [1.807, 2.05) is 0 Å². The summed E-state index contributed by atoms with van der Waals surface area (Å²) in [5.74, 6) is 9.66. The molecule has 0 aliphatic heterocycles. The van der Waals surface area contributed by atoms with Gasteiger partial charge in [0.25, 0.3) is 0 Å². The minimum Gasteiger partial charge on any atom is -0.0651 e. The summed E-state index contributed by atoms with van der Waals surface area (Å²) in [4.78, 5) is 0. The van der Waals surface area contributed by atoms with Crippen LogP contribution in [0.25, 0.3) is 0 Å². The van der Waals surface area contributed by atoms with E-state index in [1.54, 1.807) is 12.8 Å². The van der Waals surface area contributed by atoms with Gasteiger partial charge in [-0.05, 0) is 72.5 Å². The van der Waals surface area contributed by atoms with E-state index in [9.17, 15) is 0 Å². The van der Waals surface area contributed by atoms with Gasteiger partial charge in [0, 0.05) is 0 Å². The fourth-order valence-electron chi connectivity index (χ4n) is 5.19. The Labute approximate surface area is 114 Å². The molecule has 18 heavy (non-hydrogen) atoms. The Kier molecular flexibility index (Phi) is 3.27. The largest absolute Gasteiger partial charge is 0.0651 e. The predicted octanol–water partition coefficient (Wildman–Crippen LogP) is 5.23. The van der Waals surface area contributed by atoms with Crippen molar-refractivity contribution in [3.05, 3.63) is 0 Å². The lowest BCUT2D eigenvalue weighted by Gasteiger charge is -2.00. The first kappa shape index (κ1) is 13.0. The van der Waals surface area contributed by atoms with Crippen molar-refractivity contribution >= 4 is 0 Å². The number of rotatable bonds is 6. The van der Waals surface area contributed by atoms with E-state index in [1.165, 1.54) is 12.8 Å². The smallest absolute Gasteiger partial charge is 0.0352 e. The SMILES string of the molecule is CCC1C(C)C1CC1C(C)C1CCC1C(C)C1C. The lowest BCUT2D eigenvalue weighted by atomic mass is 10.1. The van der Waals surface area contributed by atoms with Gasteiger partial charge in [-0.3, -0.25) is 0 Å². The second-order valence-corrected chi connectivity index (χ2v) is 7.98. The fourth-order valence-corrected chi connectivity index (χ4v) is 5.19. The molecular weight excluding hydrogens is 216 g/mol. The molecule has 104 valence electrons. The average Bonchev–Trinajstić information content (AvgIpc) is 3.26. The molecule has 0 radical (unpaired) electrons. The Morgan fingerprint density at radius 2 is 1.06 bits per heavy atom. The molecule has 3 aliphatic rings. The second kappa shape index (κ2) is 4.53. The highest BCUT2D eigenvalue weighted by molar-refractivity contribution is 5.02. The molecule has 0 saturated heterocycles. The lowest BCUT2D eigenvalue weighted by molar-refractivity contribution is 0.504. The maximum Gasteiger partial charge on any atom is -0.0352 e. The molecule has 0 nitrogen and oxygen atoms in total. The molecule has 0 aromatic heterocycles. The summed E-state index contributed by atoms with van der Waals surface area (Å²) in [6.07, 6.45) is 6.07. The van der Waals surface area contributed by atoms with Crippen molar-refractivity contribution in [2.24, 2.45) is 53.3 Å². The Hall–Kier alpha value is 0. The van der Waals surface area contributed by atoms with Crippen molar-refractivity contribution in [3.63, 3.8) is 0 Å². The van der Waals surface area contributed by atoms with Gasteiger partial charge < -0.3 is 0 Å². The maximum absolute atomic E-state index is 2.52. The third-order valence-corrected chi connectivity index (χ3v) is 7.41. The van der Waals surface area contributed by atoms with Gasteiger partial charge in [0.1, 0.15) is 0 Å². The molecule has 0 bridgehead atoms. The van der Waals surface area contributed by atoms with Gasteiger partial charge in [0.15, 0.2) is 0 Å². The van der Waals surface area contributed by atoms with Crippen LogP contribution in [-0.2, 0) is 0 Å². The van der Waals surface area contributed by atoms with Gasteiger partial charge in [0.05, 0.1) is 0 Å². The third kappa shape index (κ3) is 2.14. The van der Waals surface area contributed by atoms with Crippen molar-refractivity contribution in [2.45, 2.75) is 60.3 Å². The monoisotopic (exact) mass is 248 g/mol. The molecule has 3 saturated carbocycles. The fraction of sp³-hybridized carbons (Fsp3) is 1.00. The van der Waals surface area contributed by atoms with E-state index >= 15 is 0 Å². The van der Waals surface area contributed by atoms with Crippen LogP contribution in [0.1, 0.15) is 60.3 Å². The van der Waals surface area contributed by atoms with E-state index in [0.717, 1.165) is 53.3 Å². The standard InChI is InChI=1S/C18H32/c1-6-14-12(4)17(14)9-18-13(5)16(18)8-7-15-10(2)11(15)3/h10-18H,6-9H2,1-5H3. The summed E-state index contributed by atoms with van der Waals surface area (Å²) in [5, 5.41) is 0. The van der Waals surface area contributed by atoms with Crippen LogP contribution in [0.2, 0.25) is 0 Å². The van der Waals surface area contributed by atoms with Crippen LogP contribution in [0, 0.1) is 53.3 Å². The van der Waals surface area contributed by atoms with Gasteiger partial charge >= 0.3 is 0 Å². The summed E-state index contributed by atoms with van der Waals surface area (Å²) in [6, 6.07) is 0. The molecule has 3 aliphatic carbocycles. The normalized spacial score (nSPS) is 57.5. The molecular formula is C18H32. The van der Waals surface area contributed by atoms with Crippen LogP contribution in [0.4, 0.5) is 0 Å². The van der Waals surface area contributed by atoms with Crippen molar-refractivity contribution in [1.82, 2.24) is 0 Å². The maximum atomic E-state index is 2.52. The van der Waals surface area contributed by atoms with E-state index in [2.05, 4.69) is 34.6 Å². The second-order valence-electron chi connectivity index (χ2n) is 7.98. The molecule has 0 amide bonds. The van der Waals surface area contributed by atoms with Gasteiger partial charge in [-0.1, -0.05) is 41.0 Å².